The van der Waals surface area contributed by atoms with E-state index in [-0.39, 0.29) is 0 Å². The molecule has 0 bridgehead atoms. The third kappa shape index (κ3) is 3.58. The van der Waals surface area contributed by atoms with Crippen molar-refractivity contribution in [3.8, 4) is 5.75 Å². The molecule has 3 atom stereocenters. The summed E-state index contributed by atoms with van der Waals surface area (Å²) in [6.07, 6.45) is 4.58. The third-order valence-corrected chi connectivity index (χ3v) is 4.83. The number of hydrogen-bond donors (Lipinski definition) is 0. The van der Waals surface area contributed by atoms with Gasteiger partial charge in [-0.25, -0.2) is 0 Å². The second-order valence-corrected chi connectivity index (χ2v) is 6.60. The van der Waals surface area contributed by atoms with Gasteiger partial charge in [0.15, 0.2) is 0 Å². The summed E-state index contributed by atoms with van der Waals surface area (Å²) in [6, 6.07) is 8.10. The summed E-state index contributed by atoms with van der Waals surface area (Å²) in [7, 11) is 1.66. The van der Waals surface area contributed by atoms with Gasteiger partial charge < -0.3 is 9.64 Å². The first-order valence-electron chi connectivity index (χ1n) is 7.94. The molecule has 1 aliphatic carbocycles. The van der Waals surface area contributed by atoms with Gasteiger partial charge >= 0.3 is 0 Å². The van der Waals surface area contributed by atoms with Crippen LogP contribution in [0.5, 0.6) is 5.75 Å². The molecule has 116 valence electrons. The quantitative estimate of drug-likeness (QED) is 0.763. The molecule has 1 amide bonds. The lowest BCUT2D eigenvalue weighted by Gasteiger charge is -2.42. The Morgan fingerprint density at radius 2 is 1.90 bits per heavy atom. The van der Waals surface area contributed by atoms with Crippen LogP contribution in [0.4, 0.5) is 5.69 Å². The van der Waals surface area contributed by atoms with E-state index in [4.69, 9.17) is 4.74 Å². The van der Waals surface area contributed by atoms with Gasteiger partial charge in [0, 0.05) is 11.7 Å². The maximum absolute atomic E-state index is 11.7. The monoisotopic (exact) mass is 289 g/mol. The van der Waals surface area contributed by atoms with Crippen LogP contribution in [0.2, 0.25) is 0 Å². The molecule has 0 radical (unpaired) electrons. The molecule has 0 N–H and O–H groups in total. The molecule has 0 heterocycles. The van der Waals surface area contributed by atoms with Crippen molar-refractivity contribution in [1.29, 1.82) is 0 Å². The van der Waals surface area contributed by atoms with E-state index >= 15 is 0 Å². The van der Waals surface area contributed by atoms with Crippen molar-refractivity contribution in [3.63, 3.8) is 0 Å². The van der Waals surface area contributed by atoms with Crippen LogP contribution in [0, 0.1) is 17.8 Å². The topological polar surface area (TPSA) is 29.5 Å². The van der Waals surface area contributed by atoms with Gasteiger partial charge in [-0.15, -0.1) is 0 Å². The smallest absolute Gasteiger partial charge is 0.214 e. The van der Waals surface area contributed by atoms with Gasteiger partial charge in [-0.05, 0) is 54.9 Å². The lowest BCUT2D eigenvalue weighted by Crippen LogP contribution is -2.45. The Labute approximate surface area is 128 Å². The normalized spacial score (nSPS) is 25.7. The first kappa shape index (κ1) is 15.9. The average Bonchev–Trinajstić information content (AvgIpc) is 2.48. The molecular weight excluding hydrogens is 262 g/mol. The number of amides is 1. The van der Waals surface area contributed by atoms with Crippen molar-refractivity contribution in [2.45, 2.75) is 46.1 Å². The zero-order chi connectivity index (χ0) is 15.4. The Balaban J connectivity index is 2.25. The molecule has 0 spiro atoms. The van der Waals surface area contributed by atoms with Crippen LogP contribution in [0.25, 0.3) is 0 Å². The lowest BCUT2D eigenvalue weighted by molar-refractivity contribution is -0.108. The molecule has 3 unspecified atom stereocenters. The minimum Gasteiger partial charge on any atom is -0.497 e. The maximum Gasteiger partial charge on any atom is 0.214 e. The molecule has 1 fully saturated rings. The van der Waals surface area contributed by atoms with E-state index in [1.165, 1.54) is 12.8 Å². The maximum atomic E-state index is 11.7. The molecule has 0 saturated heterocycles. The Morgan fingerprint density at radius 1 is 1.24 bits per heavy atom. The van der Waals surface area contributed by atoms with Crippen molar-refractivity contribution in [2.24, 2.45) is 17.8 Å². The van der Waals surface area contributed by atoms with Crippen LogP contribution >= 0.6 is 0 Å². The van der Waals surface area contributed by atoms with E-state index in [9.17, 15) is 4.79 Å². The molecule has 2 rings (SSSR count). The number of carbonyl (C=O) groups excluding carboxylic acids is 1. The Hall–Kier alpha value is -1.51. The Morgan fingerprint density at radius 3 is 2.43 bits per heavy atom. The van der Waals surface area contributed by atoms with Crippen molar-refractivity contribution in [2.75, 3.05) is 12.0 Å². The number of methoxy groups -OCH3 is 1. The summed E-state index contributed by atoms with van der Waals surface area (Å²) in [4.78, 5) is 13.7. The fraction of sp³-hybridized carbons (Fsp3) is 0.611. The van der Waals surface area contributed by atoms with Crippen LogP contribution in [0.1, 0.15) is 40.0 Å². The number of anilines is 1. The summed E-state index contributed by atoms with van der Waals surface area (Å²) >= 11 is 0. The van der Waals surface area contributed by atoms with E-state index in [0.29, 0.717) is 23.8 Å². The van der Waals surface area contributed by atoms with Crippen molar-refractivity contribution in [3.05, 3.63) is 24.3 Å². The van der Waals surface area contributed by atoms with Crippen molar-refractivity contribution in [1.82, 2.24) is 0 Å². The van der Waals surface area contributed by atoms with E-state index in [2.05, 4.69) is 20.8 Å². The van der Waals surface area contributed by atoms with Crippen LogP contribution in [0.3, 0.4) is 0 Å². The number of nitrogens with zero attached hydrogens (tertiary/aromatic N) is 1. The van der Waals surface area contributed by atoms with Gasteiger partial charge in [0.1, 0.15) is 5.75 Å². The summed E-state index contributed by atoms with van der Waals surface area (Å²) in [5, 5.41) is 0. The van der Waals surface area contributed by atoms with Gasteiger partial charge in [-0.2, -0.15) is 0 Å². The van der Waals surface area contributed by atoms with E-state index in [0.717, 1.165) is 24.3 Å². The van der Waals surface area contributed by atoms with Crippen LogP contribution in [-0.4, -0.2) is 19.6 Å². The number of ether oxygens (including phenoxy) is 1. The van der Waals surface area contributed by atoms with Gasteiger partial charge in [0.05, 0.1) is 7.11 Å². The van der Waals surface area contributed by atoms with Gasteiger partial charge in [0.2, 0.25) is 6.41 Å². The summed E-state index contributed by atoms with van der Waals surface area (Å²) in [5.74, 6) is 2.68. The van der Waals surface area contributed by atoms with Gasteiger partial charge in [-0.3, -0.25) is 4.79 Å². The minimum atomic E-state index is 0.305. The SMILES string of the molecule is COc1ccc(N(C=O)C2CC(C)CCC2C(C)C)cc1. The van der Waals surface area contributed by atoms with Gasteiger partial charge in [-0.1, -0.05) is 27.2 Å². The highest BCUT2D eigenvalue weighted by Crippen LogP contribution is 2.37. The second kappa shape index (κ2) is 6.97. The second-order valence-electron chi connectivity index (χ2n) is 6.60. The Kier molecular flexibility index (Phi) is 5.27. The van der Waals surface area contributed by atoms with Gasteiger partial charge in [0.25, 0.3) is 0 Å². The third-order valence-electron chi connectivity index (χ3n) is 4.83. The number of benzene rings is 1. The molecule has 0 aromatic heterocycles. The fourth-order valence-corrected chi connectivity index (χ4v) is 3.56. The summed E-state index contributed by atoms with van der Waals surface area (Å²) in [6.45, 7) is 6.83. The molecule has 21 heavy (non-hydrogen) atoms. The van der Waals surface area contributed by atoms with Crippen LogP contribution in [-0.2, 0) is 4.79 Å². The number of rotatable bonds is 5. The predicted molar refractivity (Wildman–Crippen MR) is 86.7 cm³/mol. The molecule has 3 heteroatoms. The lowest BCUT2D eigenvalue weighted by atomic mass is 9.73. The molecule has 1 aromatic rings. The minimum absolute atomic E-state index is 0.305. The highest BCUT2D eigenvalue weighted by Gasteiger charge is 2.34. The van der Waals surface area contributed by atoms with E-state index in [1.807, 2.05) is 29.2 Å². The predicted octanol–water partition coefficient (Wildman–Crippen LogP) is 4.12. The zero-order valence-electron chi connectivity index (χ0n) is 13.6. The van der Waals surface area contributed by atoms with E-state index in [1.54, 1.807) is 7.11 Å². The Bertz CT molecular complexity index is 455. The molecule has 3 nitrogen and oxygen atoms in total. The molecular formula is C18H27NO2. The summed E-state index contributed by atoms with van der Waals surface area (Å²) < 4.78 is 5.20. The van der Waals surface area contributed by atoms with Crippen molar-refractivity contribution >= 4 is 12.1 Å². The molecule has 1 aromatic carbocycles. The first-order valence-corrected chi connectivity index (χ1v) is 7.94. The summed E-state index contributed by atoms with van der Waals surface area (Å²) in [5.41, 5.74) is 0.968. The standard InChI is InChI=1S/C18H27NO2/c1-13(2)17-10-5-14(3)11-18(17)19(12-20)15-6-8-16(21-4)9-7-15/h6-9,12-14,17-18H,5,10-11H2,1-4H3. The molecule has 0 aliphatic heterocycles. The number of carbonyl (C=O) groups is 1. The van der Waals surface area contributed by atoms with E-state index < -0.39 is 0 Å². The van der Waals surface area contributed by atoms with Crippen molar-refractivity contribution < 1.29 is 9.53 Å². The van der Waals surface area contributed by atoms with Crippen LogP contribution in [0.15, 0.2) is 24.3 Å². The number of hydrogen-bond acceptors (Lipinski definition) is 2. The molecule has 1 aliphatic rings. The molecule has 1 saturated carbocycles. The highest BCUT2D eigenvalue weighted by molar-refractivity contribution is 5.76. The highest BCUT2D eigenvalue weighted by atomic mass is 16.5. The average molecular weight is 289 g/mol. The zero-order valence-corrected chi connectivity index (χ0v) is 13.6. The van der Waals surface area contributed by atoms with Crippen LogP contribution < -0.4 is 9.64 Å². The first-order chi connectivity index (χ1) is 10.1. The largest absolute Gasteiger partial charge is 0.497 e. The fourth-order valence-electron chi connectivity index (χ4n) is 3.56.